The van der Waals surface area contributed by atoms with Gasteiger partial charge in [0, 0.05) is 13.2 Å². The average Bonchev–Trinajstić information content (AvgIpc) is 2.45. The molecule has 0 saturated carbocycles. The fraction of sp³-hybridized carbons (Fsp3) is 1.00. The molecule has 0 aromatic rings. The maximum Gasteiger partial charge on any atom is 0.321 e. The van der Waals surface area contributed by atoms with Crippen LogP contribution in [0, 0.1) is 0 Å². The van der Waals surface area contributed by atoms with E-state index in [1.54, 1.807) is 0 Å². The monoisotopic (exact) mass is 303 g/mol. The van der Waals surface area contributed by atoms with E-state index in [1.165, 1.54) is 70.3 Å². The molecule has 0 bridgehead atoms. The Balaban J connectivity index is 3.18. The van der Waals surface area contributed by atoms with Crippen molar-refractivity contribution in [3.8, 4) is 0 Å². The van der Waals surface area contributed by atoms with Crippen LogP contribution < -0.4 is 5.73 Å². The Hall–Kier alpha value is 0.0969. The predicted octanol–water partition coefficient (Wildman–Crippen LogP) is 4.14. The van der Waals surface area contributed by atoms with Crippen molar-refractivity contribution in [2.75, 3.05) is 19.8 Å². The van der Waals surface area contributed by atoms with Crippen LogP contribution in [0.4, 0.5) is 0 Å². The molecule has 122 valence electrons. The predicted molar refractivity (Wildman–Crippen MR) is 90.4 cm³/mol. The lowest BCUT2D eigenvalue weighted by atomic mass is 10.1. The van der Waals surface area contributed by atoms with Crippen molar-refractivity contribution >= 4 is 9.28 Å². The third kappa shape index (κ3) is 14.5. The third-order valence-corrected chi connectivity index (χ3v) is 5.89. The lowest BCUT2D eigenvalue weighted by Crippen LogP contribution is -2.22. The Kier molecular flexibility index (Phi) is 17.2. The molecule has 2 N–H and O–H groups in total. The van der Waals surface area contributed by atoms with Gasteiger partial charge in [-0.25, -0.2) is 0 Å². The molecule has 0 unspecified atom stereocenters. The van der Waals surface area contributed by atoms with Gasteiger partial charge in [0.15, 0.2) is 0 Å². The molecule has 4 heteroatoms. The first-order chi connectivity index (χ1) is 9.85. The van der Waals surface area contributed by atoms with E-state index in [0.717, 1.165) is 19.8 Å². The van der Waals surface area contributed by atoms with E-state index < -0.39 is 9.28 Å². The number of hydrogen-bond acceptors (Lipinski definition) is 3. The highest BCUT2D eigenvalue weighted by molar-refractivity contribution is 6.44. The second-order valence-electron chi connectivity index (χ2n) is 5.45. The topological polar surface area (TPSA) is 44.5 Å². The maximum atomic E-state index is 5.68. The summed E-state index contributed by atoms with van der Waals surface area (Å²) >= 11 is 0. The maximum absolute atomic E-state index is 5.68. The Morgan fingerprint density at radius 3 is 1.45 bits per heavy atom. The molecular formula is C16H37NO2Si. The van der Waals surface area contributed by atoms with Gasteiger partial charge >= 0.3 is 9.28 Å². The summed E-state index contributed by atoms with van der Waals surface area (Å²) in [5, 5.41) is 0. The van der Waals surface area contributed by atoms with Gasteiger partial charge in [-0.15, -0.1) is 0 Å². The molecule has 0 aromatic heterocycles. The Bertz CT molecular complexity index is 176. The van der Waals surface area contributed by atoms with Crippen LogP contribution in [0.5, 0.6) is 0 Å². The summed E-state index contributed by atoms with van der Waals surface area (Å²) in [5.41, 5.74) is 5.48. The van der Waals surface area contributed by atoms with Gasteiger partial charge in [-0.2, -0.15) is 0 Å². The van der Waals surface area contributed by atoms with Gasteiger partial charge < -0.3 is 14.6 Å². The summed E-state index contributed by atoms with van der Waals surface area (Å²) in [5.74, 6) is 0. The summed E-state index contributed by atoms with van der Waals surface area (Å²) < 4.78 is 11.4. The van der Waals surface area contributed by atoms with Gasteiger partial charge in [0.1, 0.15) is 0 Å². The largest absolute Gasteiger partial charge is 0.397 e. The lowest BCUT2D eigenvalue weighted by Gasteiger charge is -2.14. The molecule has 0 aromatic carbocycles. The minimum Gasteiger partial charge on any atom is -0.397 e. The second kappa shape index (κ2) is 17.1. The van der Waals surface area contributed by atoms with Crippen molar-refractivity contribution in [2.45, 2.75) is 84.1 Å². The molecule has 0 radical (unpaired) electrons. The quantitative estimate of drug-likeness (QED) is 0.344. The minimum absolute atomic E-state index is 0.807. The zero-order valence-electron chi connectivity index (χ0n) is 13.9. The van der Waals surface area contributed by atoms with Crippen LogP contribution in [-0.2, 0) is 8.85 Å². The highest BCUT2D eigenvalue weighted by Crippen LogP contribution is 2.12. The Morgan fingerprint density at radius 2 is 1.05 bits per heavy atom. The van der Waals surface area contributed by atoms with Crippen LogP contribution in [0.2, 0.25) is 6.04 Å². The van der Waals surface area contributed by atoms with Crippen molar-refractivity contribution in [1.82, 2.24) is 0 Å². The van der Waals surface area contributed by atoms with Crippen LogP contribution in [-0.4, -0.2) is 29.0 Å². The molecule has 0 fully saturated rings. The highest BCUT2D eigenvalue weighted by Gasteiger charge is 2.10. The fourth-order valence-electron chi connectivity index (χ4n) is 2.46. The lowest BCUT2D eigenvalue weighted by molar-refractivity contribution is 0.212. The van der Waals surface area contributed by atoms with E-state index in [0.29, 0.717) is 0 Å². The van der Waals surface area contributed by atoms with Crippen LogP contribution in [0.15, 0.2) is 0 Å². The van der Waals surface area contributed by atoms with Crippen molar-refractivity contribution in [3.05, 3.63) is 0 Å². The molecule has 0 amide bonds. The molecular weight excluding hydrogens is 266 g/mol. The molecule has 0 spiro atoms. The van der Waals surface area contributed by atoms with Gasteiger partial charge in [-0.3, -0.25) is 0 Å². The smallest absolute Gasteiger partial charge is 0.321 e. The second-order valence-corrected chi connectivity index (χ2v) is 7.56. The molecule has 0 aliphatic heterocycles. The SMILES string of the molecule is CCO[SiH](CCCCCCCCCCCCN)OCC. The van der Waals surface area contributed by atoms with E-state index in [-0.39, 0.29) is 0 Å². The third-order valence-electron chi connectivity index (χ3n) is 3.60. The van der Waals surface area contributed by atoms with Crippen LogP contribution in [0.3, 0.4) is 0 Å². The summed E-state index contributed by atoms with van der Waals surface area (Å²) in [6.45, 7) is 6.59. The number of nitrogens with two attached hydrogens (primary N) is 1. The molecule has 0 saturated heterocycles. The standard InChI is InChI=1S/C16H37NO2Si/c1-3-18-20(19-4-2)16-14-12-10-8-6-5-7-9-11-13-15-17/h20H,3-17H2,1-2H3. The van der Waals surface area contributed by atoms with E-state index in [1.807, 2.05) is 0 Å². The summed E-state index contributed by atoms with van der Waals surface area (Å²) in [6, 6.07) is 1.18. The van der Waals surface area contributed by atoms with Gasteiger partial charge in [-0.05, 0) is 32.9 Å². The Labute approximate surface area is 128 Å². The zero-order valence-corrected chi connectivity index (χ0v) is 15.0. The van der Waals surface area contributed by atoms with Crippen LogP contribution >= 0.6 is 0 Å². The molecule has 0 atom stereocenters. The molecule has 0 aliphatic carbocycles. The molecule has 0 aliphatic rings. The van der Waals surface area contributed by atoms with E-state index in [4.69, 9.17) is 14.6 Å². The van der Waals surface area contributed by atoms with Gasteiger partial charge in [-0.1, -0.05) is 57.8 Å². The summed E-state index contributed by atoms with van der Waals surface area (Å²) in [7, 11) is -1.33. The highest BCUT2D eigenvalue weighted by atomic mass is 28.3. The van der Waals surface area contributed by atoms with Crippen molar-refractivity contribution in [1.29, 1.82) is 0 Å². The molecule has 20 heavy (non-hydrogen) atoms. The van der Waals surface area contributed by atoms with Crippen molar-refractivity contribution in [3.63, 3.8) is 0 Å². The average molecular weight is 304 g/mol. The number of unbranched alkanes of at least 4 members (excludes halogenated alkanes) is 9. The number of hydrogen-bond donors (Lipinski definition) is 1. The van der Waals surface area contributed by atoms with Gasteiger partial charge in [0.25, 0.3) is 0 Å². The summed E-state index contributed by atoms with van der Waals surface area (Å²) in [6.07, 6.45) is 13.5. The zero-order chi connectivity index (χ0) is 14.9. The summed E-state index contributed by atoms with van der Waals surface area (Å²) in [4.78, 5) is 0. The first-order valence-corrected chi connectivity index (χ1v) is 10.5. The van der Waals surface area contributed by atoms with Crippen molar-refractivity contribution in [2.24, 2.45) is 5.73 Å². The molecule has 0 rings (SSSR count). The van der Waals surface area contributed by atoms with Gasteiger partial charge in [0.05, 0.1) is 0 Å². The normalized spacial score (nSPS) is 11.4. The van der Waals surface area contributed by atoms with Crippen LogP contribution in [0.25, 0.3) is 0 Å². The fourth-order valence-corrected chi connectivity index (χ4v) is 4.25. The number of rotatable bonds is 16. The molecule has 3 nitrogen and oxygen atoms in total. The van der Waals surface area contributed by atoms with Crippen LogP contribution in [0.1, 0.15) is 78.1 Å². The minimum atomic E-state index is -1.33. The Morgan fingerprint density at radius 1 is 0.650 bits per heavy atom. The van der Waals surface area contributed by atoms with E-state index in [2.05, 4.69) is 13.8 Å². The van der Waals surface area contributed by atoms with E-state index >= 15 is 0 Å². The van der Waals surface area contributed by atoms with Gasteiger partial charge in [0.2, 0.25) is 0 Å². The van der Waals surface area contributed by atoms with Crippen molar-refractivity contribution < 1.29 is 8.85 Å². The first kappa shape index (κ1) is 20.1. The first-order valence-electron chi connectivity index (χ1n) is 8.78. The molecule has 0 heterocycles. The van der Waals surface area contributed by atoms with E-state index in [9.17, 15) is 0 Å².